The van der Waals surface area contributed by atoms with Crippen LogP contribution < -0.4 is 16.4 Å². The lowest BCUT2D eigenvalue weighted by Crippen LogP contribution is -2.39. The molecule has 0 aliphatic heterocycles. The van der Waals surface area contributed by atoms with Crippen LogP contribution in [0.5, 0.6) is 0 Å². The fourth-order valence-corrected chi connectivity index (χ4v) is 4.24. The number of amides is 1. The van der Waals surface area contributed by atoms with Crippen molar-refractivity contribution in [2.75, 3.05) is 12.4 Å². The van der Waals surface area contributed by atoms with Gasteiger partial charge in [0.1, 0.15) is 0 Å². The van der Waals surface area contributed by atoms with Crippen molar-refractivity contribution in [3.8, 4) is 0 Å². The van der Waals surface area contributed by atoms with E-state index in [9.17, 15) is 9.59 Å². The number of aromatic nitrogens is 2. The number of rotatable bonds is 11. The number of hydrogen-bond donors (Lipinski definition) is 4. The van der Waals surface area contributed by atoms with Crippen LogP contribution in [0.4, 0.5) is 5.69 Å². The highest BCUT2D eigenvalue weighted by Crippen LogP contribution is 2.23. The number of anilines is 1. The Morgan fingerprint density at radius 2 is 1.82 bits per heavy atom. The summed E-state index contributed by atoms with van der Waals surface area (Å²) in [5.74, 6) is 0.405. The normalized spacial score (nSPS) is 10.9. The van der Waals surface area contributed by atoms with Crippen LogP contribution in [0, 0.1) is 12.8 Å². The largest absolute Gasteiger partial charge is 0.357 e. The monoisotopic (exact) mass is 587 g/mol. The van der Waals surface area contributed by atoms with E-state index in [1.54, 1.807) is 30.7 Å². The van der Waals surface area contributed by atoms with Gasteiger partial charge in [-0.25, -0.2) is 4.98 Å². The second-order valence-corrected chi connectivity index (χ2v) is 10.5. The van der Waals surface area contributed by atoms with Crippen LogP contribution in [0.15, 0.2) is 61.2 Å². The van der Waals surface area contributed by atoms with Crippen molar-refractivity contribution < 1.29 is 9.59 Å². The molecule has 1 heterocycles. The van der Waals surface area contributed by atoms with Gasteiger partial charge >= 0.3 is 0 Å². The molecule has 40 heavy (non-hydrogen) atoms. The maximum Gasteiger partial charge on any atom is 0.251 e. The number of hydrogen-bond acceptors (Lipinski definition) is 5. The molecular weight excluding hydrogens is 545 g/mol. The lowest BCUT2D eigenvalue weighted by Gasteiger charge is -2.23. The summed E-state index contributed by atoms with van der Waals surface area (Å²) in [5, 5.41) is 7.13. The van der Waals surface area contributed by atoms with Crippen LogP contribution in [-0.4, -0.2) is 34.7 Å². The summed E-state index contributed by atoms with van der Waals surface area (Å²) in [6.45, 7) is 14.3. The van der Waals surface area contributed by atoms with Crippen LogP contribution in [0.2, 0.25) is 10.0 Å². The quantitative estimate of drug-likeness (QED) is 0.172. The Bertz CT molecular complexity index is 1230. The van der Waals surface area contributed by atoms with Gasteiger partial charge in [0, 0.05) is 45.8 Å². The Labute approximate surface area is 249 Å². The fourth-order valence-electron chi connectivity index (χ4n) is 3.70. The van der Waals surface area contributed by atoms with Gasteiger partial charge in [0.15, 0.2) is 5.78 Å². The molecule has 0 radical (unpaired) electrons. The number of carbonyl (C=O) groups is 2. The first-order chi connectivity index (χ1) is 19.0. The molecule has 0 fully saturated rings. The van der Waals surface area contributed by atoms with Crippen LogP contribution in [0.25, 0.3) is 0 Å². The zero-order valence-electron chi connectivity index (χ0n) is 24.4. The molecule has 3 rings (SSSR count). The van der Waals surface area contributed by atoms with Crippen molar-refractivity contribution in [3.05, 3.63) is 93.6 Å². The molecule has 218 valence electrons. The topological polar surface area (TPSA) is 113 Å². The number of halogens is 2. The Kier molecular flexibility index (Phi) is 15.9. The Morgan fingerprint density at radius 1 is 1.12 bits per heavy atom. The second-order valence-electron chi connectivity index (χ2n) is 9.70. The minimum Gasteiger partial charge on any atom is -0.357 e. The lowest BCUT2D eigenvalue weighted by molar-refractivity contribution is 0.0940. The lowest BCUT2D eigenvalue weighted by atomic mass is 10.1. The molecule has 1 aromatic heterocycles. The number of H-pyrrole nitrogens is 1. The smallest absolute Gasteiger partial charge is 0.251 e. The number of Topliss-reactive ketones (excluding diaryl/α,β-unsaturated/α-hetero) is 1. The number of imidazole rings is 1. The Balaban J connectivity index is 0.000000775. The minimum atomic E-state index is -0.450. The van der Waals surface area contributed by atoms with Gasteiger partial charge in [0.2, 0.25) is 0 Å². The number of carbonyl (C=O) groups excluding carboxylic acids is 2. The summed E-state index contributed by atoms with van der Waals surface area (Å²) in [6.07, 6.45) is 7.86. The summed E-state index contributed by atoms with van der Waals surface area (Å²) in [6, 6.07) is 9.65. The van der Waals surface area contributed by atoms with E-state index in [4.69, 9.17) is 23.2 Å². The van der Waals surface area contributed by atoms with Gasteiger partial charge in [-0.3, -0.25) is 9.59 Å². The molecule has 1 amide bonds. The highest BCUT2D eigenvalue weighted by molar-refractivity contribution is 6.34. The molecule has 5 N–H and O–H groups in total. The van der Waals surface area contributed by atoms with Crippen LogP contribution >= 0.6 is 23.2 Å². The van der Waals surface area contributed by atoms with Gasteiger partial charge in [0.05, 0.1) is 17.4 Å². The molecule has 7 nitrogen and oxygen atoms in total. The first-order valence-electron chi connectivity index (χ1n) is 13.4. The molecule has 0 saturated heterocycles. The predicted molar refractivity (Wildman–Crippen MR) is 168 cm³/mol. The van der Waals surface area contributed by atoms with Crippen molar-refractivity contribution in [1.82, 2.24) is 15.3 Å². The van der Waals surface area contributed by atoms with Crippen LogP contribution in [-0.2, 0) is 6.42 Å². The van der Waals surface area contributed by atoms with E-state index in [1.165, 1.54) is 39.3 Å². The SMILES string of the molecule is C=C(Nc1ccc(Cl)cc1C)C(Cc1cnc[nH]1)NC(=O)c1ccc(C(C)=O)c(Cl)c1.CCCCC(C)C.CN. The zero-order valence-corrected chi connectivity index (χ0v) is 25.9. The first-order valence-corrected chi connectivity index (χ1v) is 14.2. The van der Waals surface area contributed by atoms with Gasteiger partial charge in [-0.05, 0) is 68.8 Å². The van der Waals surface area contributed by atoms with Crippen molar-refractivity contribution >= 4 is 40.6 Å². The van der Waals surface area contributed by atoms with Gasteiger partial charge in [-0.2, -0.15) is 0 Å². The number of unbranched alkanes of at least 4 members (excludes halogenated alkanes) is 1. The molecule has 2 aromatic carbocycles. The van der Waals surface area contributed by atoms with Gasteiger partial charge < -0.3 is 21.4 Å². The average Bonchev–Trinajstić information content (AvgIpc) is 3.43. The van der Waals surface area contributed by atoms with Crippen molar-refractivity contribution in [3.63, 3.8) is 0 Å². The number of aromatic amines is 1. The van der Waals surface area contributed by atoms with Crippen LogP contribution in [0.3, 0.4) is 0 Å². The first kappa shape index (κ1) is 34.9. The molecule has 0 aliphatic carbocycles. The molecule has 1 unspecified atom stereocenters. The molecule has 1 atom stereocenters. The summed E-state index contributed by atoms with van der Waals surface area (Å²) in [4.78, 5) is 31.6. The Morgan fingerprint density at radius 3 is 2.33 bits per heavy atom. The maximum absolute atomic E-state index is 12.9. The molecule has 9 heteroatoms. The molecule has 3 aromatic rings. The molecule has 0 spiro atoms. The minimum absolute atomic E-state index is 0.162. The number of aryl methyl sites for hydroxylation is 1. The fraction of sp³-hybridized carbons (Fsp3) is 0.387. The van der Waals surface area contributed by atoms with E-state index in [-0.39, 0.29) is 16.7 Å². The Hall–Kier alpha value is -3.13. The number of nitrogens with zero attached hydrogens (tertiary/aromatic N) is 1. The second kappa shape index (κ2) is 18.3. The third-order valence-electron chi connectivity index (χ3n) is 5.93. The molecule has 0 saturated carbocycles. The van der Waals surface area contributed by atoms with E-state index in [2.05, 4.69) is 53.7 Å². The highest BCUT2D eigenvalue weighted by Gasteiger charge is 2.20. The highest BCUT2D eigenvalue weighted by atomic mass is 35.5. The summed E-state index contributed by atoms with van der Waals surface area (Å²) >= 11 is 12.2. The van der Waals surface area contributed by atoms with Gasteiger partial charge in [-0.15, -0.1) is 0 Å². The van der Waals surface area contributed by atoms with Gasteiger partial charge in [0.25, 0.3) is 5.91 Å². The van der Waals surface area contributed by atoms with Crippen molar-refractivity contribution in [1.29, 1.82) is 0 Å². The van der Waals surface area contributed by atoms with Crippen molar-refractivity contribution in [2.24, 2.45) is 11.7 Å². The third kappa shape index (κ3) is 11.9. The number of nitrogens with two attached hydrogens (primary N) is 1. The van der Waals surface area contributed by atoms with Crippen LogP contribution in [0.1, 0.15) is 78.9 Å². The van der Waals surface area contributed by atoms with Gasteiger partial charge in [-0.1, -0.05) is 69.8 Å². The van der Waals surface area contributed by atoms with E-state index < -0.39 is 6.04 Å². The third-order valence-corrected chi connectivity index (χ3v) is 6.48. The van der Waals surface area contributed by atoms with E-state index in [0.717, 1.165) is 22.9 Å². The maximum atomic E-state index is 12.9. The predicted octanol–water partition coefficient (Wildman–Crippen LogP) is 7.60. The van der Waals surface area contributed by atoms with E-state index in [1.807, 2.05) is 19.1 Å². The standard InChI is InChI=1S/C23H22Cl2N4O2.C7H16.CH5N/c1-13-8-17(24)5-7-21(13)28-14(2)22(10-18-11-26-12-27-18)29-23(31)16-4-6-19(15(3)30)20(25)9-16;1-4-5-6-7(2)3;1-2/h4-9,11-12,22,28H,2,10H2,1,3H3,(H,26,27)(H,29,31);7H,4-6H2,1-3H3;2H2,1H3. The molecule has 0 bridgehead atoms. The average molecular weight is 589 g/mol. The summed E-state index contributed by atoms with van der Waals surface area (Å²) in [5.41, 5.74) is 8.45. The molecule has 0 aliphatic rings. The summed E-state index contributed by atoms with van der Waals surface area (Å²) in [7, 11) is 1.50. The zero-order chi connectivity index (χ0) is 30.2. The number of benzene rings is 2. The van der Waals surface area contributed by atoms with Crippen molar-refractivity contribution in [2.45, 2.75) is 66.3 Å². The van der Waals surface area contributed by atoms with E-state index >= 15 is 0 Å². The number of ketones is 1. The molecular formula is C31H43Cl2N5O2. The number of nitrogens with one attached hydrogen (secondary N) is 3. The van der Waals surface area contributed by atoms with E-state index in [0.29, 0.717) is 28.3 Å². The summed E-state index contributed by atoms with van der Waals surface area (Å²) < 4.78 is 0.